The molecule has 1 aliphatic rings. The van der Waals surface area contributed by atoms with E-state index in [0.717, 1.165) is 5.92 Å². The Hall–Kier alpha value is -0.590. The maximum absolute atomic E-state index is 10.7. The van der Waals surface area contributed by atoms with Crippen LogP contribution in [0.2, 0.25) is 0 Å². The van der Waals surface area contributed by atoms with Crippen LogP contribution in [0.5, 0.6) is 0 Å². The largest absolute Gasteiger partial charge is 0.295 e. The van der Waals surface area contributed by atoms with Crippen molar-refractivity contribution >= 4 is 5.78 Å². The summed E-state index contributed by atoms with van der Waals surface area (Å²) in [5, 5.41) is 0. The van der Waals surface area contributed by atoms with Crippen molar-refractivity contribution in [2.45, 2.75) is 39.5 Å². The van der Waals surface area contributed by atoms with E-state index in [1.807, 2.05) is 0 Å². The molecular weight excluding hydrogens is 148 g/mol. The molecule has 1 atom stereocenters. The van der Waals surface area contributed by atoms with Gasteiger partial charge in [0, 0.05) is 0 Å². The van der Waals surface area contributed by atoms with E-state index < -0.39 is 0 Å². The fourth-order valence-electron chi connectivity index (χ4n) is 1.93. The topological polar surface area (TPSA) is 17.1 Å². The minimum absolute atomic E-state index is 0.167. The zero-order valence-electron chi connectivity index (χ0n) is 8.05. The Morgan fingerprint density at radius 2 is 2.00 bits per heavy atom. The lowest BCUT2D eigenvalue weighted by atomic mass is 9.92. The zero-order chi connectivity index (χ0) is 8.97. The standard InChI is InChI=1S/C11H18O/c1-9(7-8-10(2)12)11-5-3-4-6-11/h7-9,11H,3-6H2,1-2H3. The number of carbonyl (C=O) groups is 1. The molecule has 0 amide bonds. The second-order valence-electron chi connectivity index (χ2n) is 3.87. The first-order valence-corrected chi connectivity index (χ1v) is 4.89. The molecule has 1 nitrogen and oxygen atoms in total. The van der Waals surface area contributed by atoms with E-state index in [0.29, 0.717) is 5.92 Å². The second-order valence-corrected chi connectivity index (χ2v) is 3.87. The molecular formula is C11H18O. The van der Waals surface area contributed by atoms with Gasteiger partial charge in [-0.05, 0) is 37.7 Å². The summed E-state index contributed by atoms with van der Waals surface area (Å²) in [7, 11) is 0. The average molecular weight is 166 g/mol. The van der Waals surface area contributed by atoms with Crippen LogP contribution < -0.4 is 0 Å². The minimum atomic E-state index is 0.167. The molecule has 0 spiro atoms. The molecule has 0 aliphatic heterocycles. The highest BCUT2D eigenvalue weighted by molar-refractivity contribution is 5.87. The van der Waals surface area contributed by atoms with Gasteiger partial charge in [0.1, 0.15) is 0 Å². The van der Waals surface area contributed by atoms with E-state index in [4.69, 9.17) is 0 Å². The Bertz CT molecular complexity index is 175. The van der Waals surface area contributed by atoms with E-state index in [-0.39, 0.29) is 5.78 Å². The lowest BCUT2D eigenvalue weighted by Crippen LogP contribution is -2.04. The molecule has 0 radical (unpaired) electrons. The third-order valence-electron chi connectivity index (χ3n) is 2.78. The molecule has 1 heteroatoms. The highest BCUT2D eigenvalue weighted by Gasteiger charge is 2.19. The zero-order valence-corrected chi connectivity index (χ0v) is 8.05. The summed E-state index contributed by atoms with van der Waals surface area (Å²) in [5.41, 5.74) is 0. The Kier molecular flexibility index (Phi) is 3.51. The van der Waals surface area contributed by atoms with Crippen LogP contribution in [0.4, 0.5) is 0 Å². The lowest BCUT2D eigenvalue weighted by Gasteiger charge is -2.13. The molecule has 0 N–H and O–H groups in total. The number of carbonyl (C=O) groups excluding carboxylic acids is 1. The number of rotatable bonds is 3. The Labute approximate surface area is 74.9 Å². The van der Waals surface area contributed by atoms with Crippen molar-refractivity contribution in [1.29, 1.82) is 0 Å². The molecule has 1 saturated carbocycles. The Morgan fingerprint density at radius 1 is 1.42 bits per heavy atom. The first-order valence-electron chi connectivity index (χ1n) is 4.89. The molecule has 1 fully saturated rings. The van der Waals surface area contributed by atoms with Crippen LogP contribution in [0, 0.1) is 11.8 Å². The van der Waals surface area contributed by atoms with Crippen molar-refractivity contribution in [1.82, 2.24) is 0 Å². The smallest absolute Gasteiger partial charge is 0.152 e. The van der Waals surface area contributed by atoms with E-state index in [1.165, 1.54) is 25.7 Å². The van der Waals surface area contributed by atoms with Crippen molar-refractivity contribution in [3.8, 4) is 0 Å². The highest BCUT2D eigenvalue weighted by atomic mass is 16.1. The molecule has 0 saturated heterocycles. The summed E-state index contributed by atoms with van der Waals surface area (Å²) in [5.74, 6) is 1.59. The van der Waals surface area contributed by atoms with Gasteiger partial charge in [-0.15, -0.1) is 0 Å². The molecule has 0 bridgehead atoms. The number of hydrogen-bond donors (Lipinski definition) is 0. The predicted molar refractivity (Wildman–Crippen MR) is 50.9 cm³/mol. The van der Waals surface area contributed by atoms with Gasteiger partial charge in [0.05, 0.1) is 0 Å². The number of ketones is 1. The molecule has 1 rings (SSSR count). The van der Waals surface area contributed by atoms with Gasteiger partial charge in [-0.2, -0.15) is 0 Å². The lowest BCUT2D eigenvalue weighted by molar-refractivity contribution is -0.112. The highest BCUT2D eigenvalue weighted by Crippen LogP contribution is 2.31. The maximum atomic E-state index is 10.7. The van der Waals surface area contributed by atoms with Gasteiger partial charge in [-0.25, -0.2) is 0 Å². The average Bonchev–Trinajstić information content (AvgIpc) is 2.51. The van der Waals surface area contributed by atoms with E-state index in [9.17, 15) is 4.79 Å². The van der Waals surface area contributed by atoms with Crippen LogP contribution in [0.25, 0.3) is 0 Å². The van der Waals surface area contributed by atoms with Gasteiger partial charge in [-0.1, -0.05) is 25.8 Å². The van der Waals surface area contributed by atoms with Crippen LogP contribution in [0.15, 0.2) is 12.2 Å². The van der Waals surface area contributed by atoms with Crippen LogP contribution in [-0.2, 0) is 4.79 Å². The van der Waals surface area contributed by atoms with Gasteiger partial charge in [-0.3, -0.25) is 4.79 Å². The summed E-state index contributed by atoms with van der Waals surface area (Å²) < 4.78 is 0. The first kappa shape index (κ1) is 9.50. The monoisotopic (exact) mass is 166 g/mol. The van der Waals surface area contributed by atoms with Crippen molar-refractivity contribution in [3.05, 3.63) is 12.2 Å². The molecule has 1 unspecified atom stereocenters. The maximum Gasteiger partial charge on any atom is 0.152 e. The summed E-state index contributed by atoms with van der Waals surface area (Å²) in [6.45, 7) is 3.83. The third-order valence-corrected chi connectivity index (χ3v) is 2.78. The molecule has 0 heterocycles. The van der Waals surface area contributed by atoms with Gasteiger partial charge < -0.3 is 0 Å². The van der Waals surface area contributed by atoms with Crippen LogP contribution in [0.3, 0.4) is 0 Å². The van der Waals surface area contributed by atoms with Crippen LogP contribution >= 0.6 is 0 Å². The number of allylic oxidation sites excluding steroid dienone is 2. The quantitative estimate of drug-likeness (QED) is 0.589. The molecule has 0 aromatic rings. The number of hydrogen-bond acceptors (Lipinski definition) is 1. The third kappa shape index (κ3) is 2.80. The second kappa shape index (κ2) is 4.44. The Balaban J connectivity index is 2.36. The fourth-order valence-corrected chi connectivity index (χ4v) is 1.93. The molecule has 68 valence electrons. The van der Waals surface area contributed by atoms with Gasteiger partial charge in [0.15, 0.2) is 5.78 Å². The van der Waals surface area contributed by atoms with Gasteiger partial charge >= 0.3 is 0 Å². The van der Waals surface area contributed by atoms with Crippen LogP contribution in [0.1, 0.15) is 39.5 Å². The van der Waals surface area contributed by atoms with Crippen molar-refractivity contribution in [3.63, 3.8) is 0 Å². The molecule has 0 aromatic carbocycles. The normalized spacial score (nSPS) is 21.8. The van der Waals surface area contributed by atoms with Gasteiger partial charge in [0.25, 0.3) is 0 Å². The molecule has 1 aliphatic carbocycles. The van der Waals surface area contributed by atoms with Gasteiger partial charge in [0.2, 0.25) is 0 Å². The Morgan fingerprint density at radius 3 is 2.50 bits per heavy atom. The summed E-state index contributed by atoms with van der Waals surface area (Å²) in [6, 6.07) is 0. The summed E-state index contributed by atoms with van der Waals surface area (Å²) >= 11 is 0. The SMILES string of the molecule is CC(=O)C=CC(C)C1CCCC1. The summed E-state index contributed by atoms with van der Waals surface area (Å²) in [6.07, 6.45) is 9.24. The molecule has 0 aromatic heterocycles. The van der Waals surface area contributed by atoms with Crippen molar-refractivity contribution in [2.24, 2.45) is 11.8 Å². The minimum Gasteiger partial charge on any atom is -0.295 e. The first-order chi connectivity index (χ1) is 5.70. The van der Waals surface area contributed by atoms with Crippen molar-refractivity contribution in [2.75, 3.05) is 0 Å². The van der Waals surface area contributed by atoms with Crippen LogP contribution in [-0.4, -0.2) is 5.78 Å². The fraction of sp³-hybridized carbons (Fsp3) is 0.727. The summed E-state index contributed by atoms with van der Waals surface area (Å²) in [4.78, 5) is 10.7. The predicted octanol–water partition coefficient (Wildman–Crippen LogP) is 2.96. The van der Waals surface area contributed by atoms with Crippen molar-refractivity contribution < 1.29 is 4.79 Å². The van der Waals surface area contributed by atoms with E-state index >= 15 is 0 Å². The van der Waals surface area contributed by atoms with E-state index in [1.54, 1.807) is 13.0 Å². The molecule has 12 heavy (non-hydrogen) atoms. The van der Waals surface area contributed by atoms with E-state index in [2.05, 4.69) is 13.0 Å².